The number of hydrogen-bond donors (Lipinski definition) is 0. The molecule has 1 aliphatic rings. The lowest BCUT2D eigenvalue weighted by atomic mass is 10.2. The van der Waals surface area contributed by atoms with E-state index in [2.05, 4.69) is 0 Å². The van der Waals surface area contributed by atoms with Gasteiger partial charge in [0.05, 0.1) is 5.69 Å². The van der Waals surface area contributed by atoms with E-state index in [1.54, 1.807) is 13.0 Å². The average Bonchev–Trinajstić information content (AvgIpc) is 2.40. The Bertz CT molecular complexity index is 527. The van der Waals surface area contributed by atoms with Gasteiger partial charge in [0.15, 0.2) is 0 Å². The van der Waals surface area contributed by atoms with E-state index in [4.69, 9.17) is 0 Å². The summed E-state index contributed by atoms with van der Waals surface area (Å²) in [6, 6.07) is 5.71. The van der Waals surface area contributed by atoms with E-state index >= 15 is 0 Å². The molecule has 0 bridgehead atoms. The second-order valence-electron chi connectivity index (χ2n) is 4.61. The lowest BCUT2D eigenvalue weighted by molar-refractivity contribution is 0.345. The Balaban J connectivity index is 2.30. The minimum Gasteiger partial charge on any atom is -0.258 e. The van der Waals surface area contributed by atoms with Crippen LogP contribution in [0.4, 0.5) is 10.1 Å². The van der Waals surface area contributed by atoms with Gasteiger partial charge in [0.2, 0.25) is 0 Å². The Kier molecular flexibility index (Phi) is 4.42. The van der Waals surface area contributed by atoms with Crippen LogP contribution in [-0.2, 0) is 10.2 Å². The number of benzene rings is 1. The third-order valence-corrected chi connectivity index (χ3v) is 5.35. The monoisotopic (exact) mass is 286 g/mol. The zero-order valence-electron chi connectivity index (χ0n) is 11.0. The summed E-state index contributed by atoms with van der Waals surface area (Å²) in [5.74, 6) is -0.426. The molecule has 1 fully saturated rings. The molecule has 19 heavy (non-hydrogen) atoms. The smallest absolute Gasteiger partial charge is 0.258 e. The van der Waals surface area contributed by atoms with Crippen molar-refractivity contribution in [1.29, 1.82) is 0 Å². The molecule has 1 heterocycles. The van der Waals surface area contributed by atoms with Crippen molar-refractivity contribution < 1.29 is 12.8 Å². The molecule has 0 unspecified atom stereocenters. The SMILES string of the molecule is CCN(c1cccc(F)c1)S(=O)(=O)N1CCCCC1. The van der Waals surface area contributed by atoms with Gasteiger partial charge in [-0.25, -0.2) is 4.39 Å². The zero-order chi connectivity index (χ0) is 13.9. The lowest BCUT2D eigenvalue weighted by Crippen LogP contribution is -2.46. The summed E-state index contributed by atoms with van der Waals surface area (Å²) in [6.07, 6.45) is 2.85. The summed E-state index contributed by atoms with van der Waals surface area (Å²) in [7, 11) is -3.54. The van der Waals surface area contributed by atoms with Gasteiger partial charge in [-0.2, -0.15) is 12.7 Å². The quantitative estimate of drug-likeness (QED) is 0.852. The molecule has 0 spiro atoms. The minimum atomic E-state index is -3.54. The van der Waals surface area contributed by atoms with E-state index in [0.29, 0.717) is 25.3 Å². The van der Waals surface area contributed by atoms with E-state index in [9.17, 15) is 12.8 Å². The van der Waals surface area contributed by atoms with Crippen molar-refractivity contribution in [3.63, 3.8) is 0 Å². The number of piperidine rings is 1. The van der Waals surface area contributed by atoms with E-state index in [1.165, 1.54) is 26.8 Å². The van der Waals surface area contributed by atoms with E-state index in [0.717, 1.165) is 19.3 Å². The summed E-state index contributed by atoms with van der Waals surface area (Å²) < 4.78 is 41.1. The molecule has 0 aromatic heterocycles. The molecule has 106 valence electrons. The molecule has 0 atom stereocenters. The molecule has 0 amide bonds. The van der Waals surface area contributed by atoms with Gasteiger partial charge in [0.1, 0.15) is 5.82 Å². The number of halogens is 1. The van der Waals surface area contributed by atoms with Gasteiger partial charge in [0, 0.05) is 19.6 Å². The molecule has 2 rings (SSSR count). The second kappa shape index (κ2) is 5.88. The van der Waals surface area contributed by atoms with Gasteiger partial charge >= 0.3 is 10.2 Å². The normalized spacial score (nSPS) is 17.4. The fraction of sp³-hybridized carbons (Fsp3) is 0.538. The van der Waals surface area contributed by atoms with Crippen LogP contribution in [0.1, 0.15) is 26.2 Å². The maximum Gasteiger partial charge on any atom is 0.304 e. The number of hydrogen-bond acceptors (Lipinski definition) is 2. The highest BCUT2D eigenvalue weighted by Crippen LogP contribution is 2.23. The average molecular weight is 286 g/mol. The Labute approximate surface area is 114 Å². The van der Waals surface area contributed by atoms with Crippen molar-refractivity contribution in [3.8, 4) is 0 Å². The predicted molar refractivity (Wildman–Crippen MR) is 73.8 cm³/mol. The van der Waals surface area contributed by atoms with Crippen molar-refractivity contribution in [2.24, 2.45) is 0 Å². The first-order valence-corrected chi connectivity index (χ1v) is 7.99. The van der Waals surface area contributed by atoms with Crippen LogP contribution in [0.5, 0.6) is 0 Å². The molecule has 1 aliphatic heterocycles. The van der Waals surface area contributed by atoms with Gasteiger partial charge < -0.3 is 0 Å². The molecule has 0 N–H and O–H groups in total. The van der Waals surface area contributed by atoms with Crippen molar-refractivity contribution in [1.82, 2.24) is 4.31 Å². The first-order chi connectivity index (χ1) is 9.05. The molecule has 0 radical (unpaired) electrons. The summed E-state index contributed by atoms with van der Waals surface area (Å²) in [5.41, 5.74) is 0.382. The fourth-order valence-electron chi connectivity index (χ4n) is 2.35. The summed E-state index contributed by atoms with van der Waals surface area (Å²) in [5, 5.41) is 0. The van der Waals surface area contributed by atoms with Gasteiger partial charge in [-0.1, -0.05) is 12.5 Å². The van der Waals surface area contributed by atoms with Gasteiger partial charge in [-0.05, 0) is 38.0 Å². The van der Waals surface area contributed by atoms with Gasteiger partial charge in [-0.15, -0.1) is 0 Å². The van der Waals surface area contributed by atoms with Crippen molar-refractivity contribution >= 4 is 15.9 Å². The van der Waals surface area contributed by atoms with Crippen LogP contribution in [0, 0.1) is 5.82 Å². The summed E-state index contributed by atoms with van der Waals surface area (Å²) in [6.45, 7) is 3.15. The largest absolute Gasteiger partial charge is 0.304 e. The summed E-state index contributed by atoms with van der Waals surface area (Å²) in [4.78, 5) is 0. The maximum absolute atomic E-state index is 13.3. The van der Waals surface area contributed by atoms with Crippen molar-refractivity contribution in [2.45, 2.75) is 26.2 Å². The van der Waals surface area contributed by atoms with Crippen LogP contribution in [0.2, 0.25) is 0 Å². The molecule has 1 aromatic rings. The number of nitrogens with zero attached hydrogens (tertiary/aromatic N) is 2. The number of anilines is 1. The van der Waals surface area contributed by atoms with Gasteiger partial charge in [0.25, 0.3) is 0 Å². The highest BCUT2D eigenvalue weighted by atomic mass is 32.2. The molecule has 6 heteroatoms. The second-order valence-corrected chi connectivity index (χ2v) is 6.46. The van der Waals surface area contributed by atoms with Crippen LogP contribution < -0.4 is 4.31 Å². The van der Waals surface area contributed by atoms with E-state index < -0.39 is 16.0 Å². The molecule has 4 nitrogen and oxygen atoms in total. The van der Waals surface area contributed by atoms with Crippen molar-refractivity contribution in [2.75, 3.05) is 23.9 Å². The molecular weight excluding hydrogens is 267 g/mol. The van der Waals surface area contributed by atoms with Crippen LogP contribution in [0.25, 0.3) is 0 Å². The fourth-order valence-corrected chi connectivity index (χ4v) is 4.05. The first-order valence-electron chi connectivity index (χ1n) is 6.59. The number of rotatable bonds is 4. The highest BCUT2D eigenvalue weighted by Gasteiger charge is 2.30. The van der Waals surface area contributed by atoms with Crippen LogP contribution in [-0.4, -0.2) is 32.4 Å². The van der Waals surface area contributed by atoms with Crippen LogP contribution in [0.3, 0.4) is 0 Å². The molecule has 1 aromatic carbocycles. The Hall–Kier alpha value is -1.14. The molecular formula is C13H19FN2O2S. The van der Waals surface area contributed by atoms with Crippen LogP contribution >= 0.6 is 0 Å². The predicted octanol–water partition coefficient (Wildman–Crippen LogP) is 2.38. The van der Waals surface area contributed by atoms with E-state index in [-0.39, 0.29) is 0 Å². The van der Waals surface area contributed by atoms with E-state index in [1.807, 2.05) is 0 Å². The zero-order valence-corrected chi connectivity index (χ0v) is 11.9. The third kappa shape index (κ3) is 3.06. The molecule has 0 saturated carbocycles. The summed E-state index contributed by atoms with van der Waals surface area (Å²) >= 11 is 0. The van der Waals surface area contributed by atoms with Crippen LogP contribution in [0.15, 0.2) is 24.3 Å². The third-order valence-electron chi connectivity index (χ3n) is 3.30. The maximum atomic E-state index is 13.3. The standard InChI is InChI=1S/C13H19FN2O2S/c1-2-16(13-8-6-7-12(14)11-13)19(17,18)15-9-4-3-5-10-15/h6-8,11H,2-5,9-10H2,1H3. The minimum absolute atomic E-state index is 0.294. The lowest BCUT2D eigenvalue weighted by Gasteiger charge is -2.32. The van der Waals surface area contributed by atoms with Crippen molar-refractivity contribution in [3.05, 3.63) is 30.1 Å². The van der Waals surface area contributed by atoms with Gasteiger partial charge in [-0.3, -0.25) is 4.31 Å². The first kappa shape index (κ1) is 14.3. The Morgan fingerprint density at radius 1 is 1.26 bits per heavy atom. The topological polar surface area (TPSA) is 40.6 Å². The highest BCUT2D eigenvalue weighted by molar-refractivity contribution is 7.90. The Morgan fingerprint density at radius 2 is 1.95 bits per heavy atom. The molecule has 0 aliphatic carbocycles. The molecule has 1 saturated heterocycles. The Morgan fingerprint density at radius 3 is 2.53 bits per heavy atom.